The molecule has 0 N–H and O–H groups in total. The van der Waals surface area contributed by atoms with Gasteiger partial charge < -0.3 is 14.0 Å². The van der Waals surface area contributed by atoms with E-state index in [4.69, 9.17) is 14.0 Å². The van der Waals surface area contributed by atoms with Crippen LogP contribution in [0.15, 0.2) is 0 Å². The topological polar surface area (TPSA) is 27.7 Å². The van der Waals surface area contributed by atoms with Crippen LogP contribution < -0.4 is 0 Å². The van der Waals surface area contributed by atoms with Crippen LogP contribution >= 0.6 is 0 Å². The van der Waals surface area contributed by atoms with Gasteiger partial charge in [-0.15, -0.1) is 0 Å². The minimum absolute atomic E-state index is 0.0257. The molecule has 102 valence electrons. The third-order valence-corrected chi connectivity index (χ3v) is 5.78. The Morgan fingerprint density at radius 3 is 2.67 bits per heavy atom. The molecule has 0 amide bonds. The molecule has 0 unspecified atom stereocenters. The minimum atomic E-state index is -0.185. The molecule has 3 aliphatic carbocycles. The van der Waals surface area contributed by atoms with Crippen molar-refractivity contribution in [3.05, 3.63) is 0 Å². The summed E-state index contributed by atoms with van der Waals surface area (Å²) in [5.74, 6) is 1.44. The van der Waals surface area contributed by atoms with Crippen molar-refractivity contribution in [3.63, 3.8) is 0 Å². The summed E-state index contributed by atoms with van der Waals surface area (Å²) in [5, 5.41) is 0. The molecule has 1 saturated heterocycles. The van der Waals surface area contributed by atoms with Crippen molar-refractivity contribution in [3.8, 4) is 0 Å². The maximum atomic E-state index is 6.31. The van der Waals surface area contributed by atoms with Gasteiger partial charge >= 0.3 is 7.12 Å². The number of hydrogen-bond donors (Lipinski definition) is 0. The summed E-state index contributed by atoms with van der Waals surface area (Å²) in [5.41, 5.74) is 0.312. The van der Waals surface area contributed by atoms with Gasteiger partial charge in [0.15, 0.2) is 0 Å². The molecule has 18 heavy (non-hydrogen) atoms. The van der Waals surface area contributed by atoms with E-state index in [-0.39, 0.29) is 24.8 Å². The summed E-state index contributed by atoms with van der Waals surface area (Å²) in [6.45, 7) is 11.8. The zero-order valence-electron chi connectivity index (χ0n) is 12.2. The molecule has 0 aromatic heterocycles. The highest BCUT2D eigenvalue weighted by Gasteiger charge is 2.68. The fourth-order valence-corrected chi connectivity index (χ4v) is 4.44. The van der Waals surface area contributed by atoms with E-state index in [9.17, 15) is 0 Å². The lowest BCUT2D eigenvalue weighted by molar-refractivity contribution is -0.199. The van der Waals surface area contributed by atoms with E-state index in [0.717, 1.165) is 12.3 Å². The molecule has 4 aliphatic rings. The Morgan fingerprint density at radius 2 is 2.06 bits per heavy atom. The molecule has 0 spiro atoms. The van der Waals surface area contributed by atoms with E-state index in [0.29, 0.717) is 17.9 Å². The smallest absolute Gasteiger partial charge is 0.404 e. The molecule has 3 nitrogen and oxygen atoms in total. The van der Waals surface area contributed by atoms with E-state index >= 15 is 0 Å². The lowest BCUT2D eigenvalue weighted by Crippen LogP contribution is -2.65. The molecule has 4 fully saturated rings. The Balaban J connectivity index is 1.76. The summed E-state index contributed by atoms with van der Waals surface area (Å²) < 4.78 is 18.1. The Labute approximate surface area is 111 Å². The van der Waals surface area contributed by atoms with Gasteiger partial charge in [0.05, 0.1) is 17.7 Å². The fourth-order valence-electron chi connectivity index (χ4n) is 4.44. The quantitative estimate of drug-likeness (QED) is 0.723. The highest BCUT2D eigenvalue weighted by Crippen LogP contribution is 2.65. The van der Waals surface area contributed by atoms with Crippen molar-refractivity contribution in [1.82, 2.24) is 0 Å². The lowest BCUT2D eigenvalue weighted by Gasteiger charge is -2.64. The van der Waals surface area contributed by atoms with Crippen LogP contribution in [0.2, 0.25) is 0 Å². The normalized spacial score (nSPS) is 46.5. The molecular weight excluding hydrogens is 227 g/mol. The fraction of sp³-hybridized carbons (Fsp3) is 1.00. The first-order chi connectivity index (χ1) is 8.39. The molecule has 0 aromatic carbocycles. The zero-order chi connectivity index (χ0) is 13.1. The third kappa shape index (κ3) is 1.55. The first-order valence-corrected chi connectivity index (χ1v) is 7.34. The number of hydrogen-bond acceptors (Lipinski definition) is 3. The summed E-state index contributed by atoms with van der Waals surface area (Å²) >= 11 is 0. The molecule has 1 aliphatic heterocycles. The molecule has 5 atom stereocenters. The van der Waals surface area contributed by atoms with Gasteiger partial charge in [0.25, 0.3) is 0 Å². The molecule has 1 heterocycles. The second kappa shape index (κ2) is 3.97. The van der Waals surface area contributed by atoms with Crippen molar-refractivity contribution < 1.29 is 14.0 Å². The molecular formula is C14H25BO3. The van der Waals surface area contributed by atoms with Gasteiger partial charge in [0.2, 0.25) is 0 Å². The Hall–Kier alpha value is -0.0551. The van der Waals surface area contributed by atoms with Crippen molar-refractivity contribution in [2.45, 2.75) is 65.2 Å². The zero-order valence-corrected chi connectivity index (χ0v) is 12.2. The standard InChI is InChI=1S/C14H25BO3/c1-6-16-9(2)15-17-12-8-10-7-11(13(10,3)4)14(12,5)18-15/h9-12H,6-8H2,1-5H3/t9-,10+,11+,12-,14+/m1/s1. The summed E-state index contributed by atoms with van der Waals surface area (Å²) in [6, 6.07) is 0.0257. The molecule has 4 heteroatoms. The SMILES string of the molecule is CCO[C@H](C)B1O[C@@H]2C[C@@H]3C[C@@H](C3(C)C)[C@]2(C)O1. The van der Waals surface area contributed by atoms with E-state index in [1.165, 1.54) is 6.42 Å². The number of ether oxygens (including phenoxy) is 1. The van der Waals surface area contributed by atoms with E-state index in [1.54, 1.807) is 0 Å². The highest BCUT2D eigenvalue weighted by molar-refractivity contribution is 6.46. The third-order valence-electron chi connectivity index (χ3n) is 5.78. The van der Waals surface area contributed by atoms with Crippen LogP contribution in [0.25, 0.3) is 0 Å². The Morgan fingerprint density at radius 1 is 1.33 bits per heavy atom. The van der Waals surface area contributed by atoms with Crippen LogP contribution in [0.4, 0.5) is 0 Å². The second-order valence-corrected chi connectivity index (χ2v) is 7.00. The summed E-state index contributed by atoms with van der Waals surface area (Å²) in [7, 11) is -0.185. The maximum absolute atomic E-state index is 6.31. The first kappa shape index (κ1) is 13.0. The van der Waals surface area contributed by atoms with Crippen LogP contribution in [-0.4, -0.2) is 31.4 Å². The molecule has 3 saturated carbocycles. The van der Waals surface area contributed by atoms with Crippen LogP contribution in [-0.2, 0) is 14.0 Å². The summed E-state index contributed by atoms with van der Waals surface area (Å²) in [6.07, 6.45) is 2.72. The van der Waals surface area contributed by atoms with Crippen LogP contribution in [0.1, 0.15) is 47.5 Å². The molecule has 4 rings (SSSR count). The minimum Gasteiger partial charge on any atom is -0.404 e. The number of rotatable bonds is 3. The van der Waals surface area contributed by atoms with Gasteiger partial charge in [-0.25, -0.2) is 0 Å². The van der Waals surface area contributed by atoms with Gasteiger partial charge in [0, 0.05) is 6.61 Å². The lowest BCUT2D eigenvalue weighted by atomic mass is 9.43. The van der Waals surface area contributed by atoms with Crippen molar-refractivity contribution in [2.75, 3.05) is 6.61 Å². The average Bonchev–Trinajstić information content (AvgIpc) is 2.65. The van der Waals surface area contributed by atoms with Gasteiger partial charge in [-0.3, -0.25) is 0 Å². The van der Waals surface area contributed by atoms with Gasteiger partial charge in [-0.2, -0.15) is 0 Å². The van der Waals surface area contributed by atoms with Crippen molar-refractivity contribution in [2.24, 2.45) is 17.3 Å². The van der Waals surface area contributed by atoms with Crippen LogP contribution in [0.3, 0.4) is 0 Å². The van der Waals surface area contributed by atoms with Crippen molar-refractivity contribution in [1.29, 1.82) is 0 Å². The monoisotopic (exact) mass is 252 g/mol. The van der Waals surface area contributed by atoms with E-state index in [2.05, 4.69) is 20.8 Å². The van der Waals surface area contributed by atoms with E-state index in [1.807, 2.05) is 13.8 Å². The maximum Gasteiger partial charge on any atom is 0.488 e. The van der Waals surface area contributed by atoms with Crippen LogP contribution in [0, 0.1) is 17.3 Å². The van der Waals surface area contributed by atoms with Crippen molar-refractivity contribution >= 4 is 7.12 Å². The van der Waals surface area contributed by atoms with Gasteiger partial charge in [-0.1, -0.05) is 13.8 Å². The molecule has 0 aromatic rings. The average molecular weight is 252 g/mol. The van der Waals surface area contributed by atoms with Crippen LogP contribution in [0.5, 0.6) is 0 Å². The van der Waals surface area contributed by atoms with Gasteiger partial charge in [-0.05, 0) is 50.9 Å². The summed E-state index contributed by atoms with van der Waals surface area (Å²) in [4.78, 5) is 0. The molecule has 2 bridgehead atoms. The van der Waals surface area contributed by atoms with E-state index < -0.39 is 0 Å². The first-order valence-electron chi connectivity index (χ1n) is 7.34. The predicted molar refractivity (Wildman–Crippen MR) is 71.2 cm³/mol. The van der Waals surface area contributed by atoms with Gasteiger partial charge in [0.1, 0.15) is 0 Å². The Bertz CT molecular complexity index is 346. The second-order valence-electron chi connectivity index (χ2n) is 7.00. The predicted octanol–water partition coefficient (Wildman–Crippen LogP) is 2.68. The molecule has 0 radical (unpaired) electrons. The highest BCUT2D eigenvalue weighted by atomic mass is 16.7. The largest absolute Gasteiger partial charge is 0.488 e. The Kier molecular flexibility index (Phi) is 2.86.